The third kappa shape index (κ3) is 5.05. The summed E-state index contributed by atoms with van der Waals surface area (Å²) < 4.78 is 41.5. The molecule has 0 radical (unpaired) electrons. The largest absolute Gasteiger partial charge is 0.495 e. The molecule has 1 aromatic carbocycles. The monoisotopic (exact) mass is 418 g/mol. The molecule has 2 aromatic heterocycles. The minimum atomic E-state index is -3.77. The van der Waals surface area contributed by atoms with E-state index in [1.54, 1.807) is 44.2 Å². The van der Waals surface area contributed by atoms with Crippen LogP contribution in [-0.2, 0) is 21.2 Å². The van der Waals surface area contributed by atoms with Gasteiger partial charge in [0, 0.05) is 18.1 Å². The summed E-state index contributed by atoms with van der Waals surface area (Å²) in [7, 11) is -2.38. The van der Waals surface area contributed by atoms with Gasteiger partial charge in [-0.15, -0.1) is 0 Å². The average molecular weight is 418 g/mol. The zero-order chi connectivity index (χ0) is 21.0. The van der Waals surface area contributed by atoms with Crippen molar-refractivity contribution < 1.29 is 26.9 Å². The minimum absolute atomic E-state index is 0.000937. The highest BCUT2D eigenvalue weighted by atomic mass is 32.2. The SMILES string of the molecule is COc1ccc(-c2cc(C)no2)cc1S(=O)(=O)CCC(=O)NCc1ccc(C)o1. The maximum Gasteiger partial charge on any atom is 0.221 e. The number of ether oxygens (including phenoxy) is 1. The van der Waals surface area contributed by atoms with E-state index in [1.165, 1.54) is 13.2 Å². The van der Waals surface area contributed by atoms with Crippen LogP contribution in [0, 0.1) is 13.8 Å². The molecule has 0 saturated heterocycles. The second-order valence-corrected chi connectivity index (χ2v) is 8.63. The smallest absolute Gasteiger partial charge is 0.221 e. The number of amides is 1. The third-order valence-corrected chi connectivity index (χ3v) is 6.00. The molecule has 9 heteroatoms. The van der Waals surface area contributed by atoms with Crippen LogP contribution in [0.4, 0.5) is 0 Å². The van der Waals surface area contributed by atoms with Crippen molar-refractivity contribution in [2.45, 2.75) is 31.7 Å². The summed E-state index contributed by atoms with van der Waals surface area (Å²) in [6.07, 6.45) is -0.184. The molecule has 29 heavy (non-hydrogen) atoms. The van der Waals surface area contributed by atoms with E-state index in [0.29, 0.717) is 22.8 Å². The highest BCUT2D eigenvalue weighted by Crippen LogP contribution is 2.31. The van der Waals surface area contributed by atoms with E-state index >= 15 is 0 Å². The Balaban J connectivity index is 1.71. The molecule has 1 N–H and O–H groups in total. The van der Waals surface area contributed by atoms with Crippen LogP contribution in [0.5, 0.6) is 5.75 Å². The van der Waals surface area contributed by atoms with Crippen LogP contribution >= 0.6 is 0 Å². The van der Waals surface area contributed by atoms with Gasteiger partial charge in [0.2, 0.25) is 5.91 Å². The van der Waals surface area contributed by atoms with Crippen LogP contribution < -0.4 is 10.1 Å². The van der Waals surface area contributed by atoms with Gasteiger partial charge in [0.05, 0.1) is 25.1 Å². The van der Waals surface area contributed by atoms with Crippen molar-refractivity contribution in [3.8, 4) is 17.1 Å². The van der Waals surface area contributed by atoms with Crippen molar-refractivity contribution in [3.05, 3.63) is 53.6 Å². The summed E-state index contributed by atoms with van der Waals surface area (Å²) in [5.74, 6) is 1.26. The van der Waals surface area contributed by atoms with Gasteiger partial charge < -0.3 is 19.0 Å². The van der Waals surface area contributed by atoms with Crippen LogP contribution in [0.1, 0.15) is 23.6 Å². The fourth-order valence-electron chi connectivity index (χ4n) is 2.76. The number of furan rings is 1. The molecule has 3 aromatic rings. The molecule has 0 aliphatic rings. The van der Waals surface area contributed by atoms with Gasteiger partial charge in [0.25, 0.3) is 0 Å². The molecule has 0 spiro atoms. The minimum Gasteiger partial charge on any atom is -0.495 e. The zero-order valence-corrected chi connectivity index (χ0v) is 17.2. The number of carbonyl (C=O) groups excluding carboxylic acids is 1. The number of aromatic nitrogens is 1. The lowest BCUT2D eigenvalue weighted by Crippen LogP contribution is -2.25. The summed E-state index contributed by atoms with van der Waals surface area (Å²) in [5, 5.41) is 6.47. The first-order valence-corrected chi connectivity index (χ1v) is 10.6. The zero-order valence-electron chi connectivity index (χ0n) is 16.4. The second kappa shape index (κ2) is 8.52. The summed E-state index contributed by atoms with van der Waals surface area (Å²) in [5.41, 5.74) is 1.24. The van der Waals surface area contributed by atoms with Gasteiger partial charge in [-0.2, -0.15) is 0 Å². The molecular formula is C20H22N2O6S. The van der Waals surface area contributed by atoms with Crippen molar-refractivity contribution in [3.63, 3.8) is 0 Å². The Kier molecular flexibility index (Phi) is 6.07. The van der Waals surface area contributed by atoms with Gasteiger partial charge >= 0.3 is 0 Å². The number of hydrogen-bond donors (Lipinski definition) is 1. The molecule has 8 nitrogen and oxygen atoms in total. The van der Waals surface area contributed by atoms with E-state index in [0.717, 1.165) is 5.76 Å². The maximum atomic E-state index is 12.9. The van der Waals surface area contributed by atoms with Gasteiger partial charge in [-0.3, -0.25) is 4.79 Å². The number of carbonyl (C=O) groups is 1. The van der Waals surface area contributed by atoms with Crippen molar-refractivity contribution in [2.24, 2.45) is 0 Å². The number of benzene rings is 1. The first-order chi connectivity index (χ1) is 13.8. The summed E-state index contributed by atoms with van der Waals surface area (Å²) in [4.78, 5) is 12.1. The van der Waals surface area contributed by atoms with Gasteiger partial charge in [0.15, 0.2) is 15.6 Å². The van der Waals surface area contributed by atoms with Crippen molar-refractivity contribution in [1.29, 1.82) is 0 Å². The lowest BCUT2D eigenvalue weighted by molar-refractivity contribution is -0.120. The van der Waals surface area contributed by atoms with E-state index in [1.807, 2.05) is 0 Å². The first kappa shape index (κ1) is 20.7. The van der Waals surface area contributed by atoms with Crippen molar-refractivity contribution in [1.82, 2.24) is 10.5 Å². The van der Waals surface area contributed by atoms with E-state index < -0.39 is 9.84 Å². The molecule has 0 bridgehead atoms. The molecule has 0 saturated carbocycles. The molecule has 0 unspecified atom stereocenters. The summed E-state index contributed by atoms with van der Waals surface area (Å²) in [6, 6.07) is 9.98. The van der Waals surface area contributed by atoms with Crippen LogP contribution in [-0.4, -0.2) is 32.3 Å². The number of methoxy groups -OCH3 is 1. The predicted molar refractivity (Wildman–Crippen MR) is 105 cm³/mol. The molecule has 2 heterocycles. The van der Waals surface area contributed by atoms with Gasteiger partial charge in [0.1, 0.15) is 22.2 Å². The highest BCUT2D eigenvalue weighted by molar-refractivity contribution is 7.91. The predicted octanol–water partition coefficient (Wildman–Crippen LogP) is 3.04. The van der Waals surface area contributed by atoms with Crippen LogP contribution in [0.25, 0.3) is 11.3 Å². The molecular weight excluding hydrogens is 396 g/mol. The van der Waals surface area contributed by atoms with Crippen LogP contribution in [0.15, 0.2) is 50.2 Å². The topological polar surface area (TPSA) is 112 Å². The van der Waals surface area contributed by atoms with Crippen molar-refractivity contribution >= 4 is 15.7 Å². The quantitative estimate of drug-likeness (QED) is 0.598. The first-order valence-electron chi connectivity index (χ1n) is 8.95. The molecule has 154 valence electrons. The average Bonchev–Trinajstić information content (AvgIpc) is 3.32. The molecule has 0 atom stereocenters. The normalized spacial score (nSPS) is 11.4. The molecule has 0 aliphatic carbocycles. The molecule has 0 fully saturated rings. The number of rotatable bonds is 8. The second-order valence-electron chi connectivity index (χ2n) is 6.56. The Hall–Kier alpha value is -3.07. The standard InChI is InChI=1S/C20H22N2O6S/c1-13-10-18(28-22-13)15-5-7-17(26-3)19(11-15)29(24,25)9-8-20(23)21-12-16-6-4-14(2)27-16/h4-7,10-11H,8-9,12H2,1-3H3,(H,21,23). The Labute approximate surface area is 168 Å². The Morgan fingerprint density at radius 2 is 1.97 bits per heavy atom. The van der Waals surface area contributed by atoms with E-state index in [-0.39, 0.29) is 35.3 Å². The molecule has 1 amide bonds. The van der Waals surface area contributed by atoms with Crippen LogP contribution in [0.2, 0.25) is 0 Å². The van der Waals surface area contributed by atoms with Gasteiger partial charge in [-0.05, 0) is 44.2 Å². The Bertz CT molecular complexity index is 1110. The Morgan fingerprint density at radius 1 is 1.17 bits per heavy atom. The number of hydrogen-bond acceptors (Lipinski definition) is 7. The number of sulfone groups is 1. The highest BCUT2D eigenvalue weighted by Gasteiger charge is 2.22. The van der Waals surface area contributed by atoms with Crippen molar-refractivity contribution in [2.75, 3.05) is 12.9 Å². The van der Waals surface area contributed by atoms with E-state index in [2.05, 4.69) is 10.5 Å². The molecule has 3 rings (SSSR count). The third-order valence-electron chi connectivity index (χ3n) is 4.26. The van der Waals surface area contributed by atoms with E-state index in [4.69, 9.17) is 13.7 Å². The lowest BCUT2D eigenvalue weighted by atomic mass is 10.1. The van der Waals surface area contributed by atoms with Crippen LogP contribution in [0.3, 0.4) is 0 Å². The summed E-state index contributed by atoms with van der Waals surface area (Å²) in [6.45, 7) is 3.78. The van der Waals surface area contributed by atoms with Gasteiger partial charge in [-0.25, -0.2) is 8.42 Å². The lowest BCUT2D eigenvalue weighted by Gasteiger charge is -2.11. The number of aryl methyl sites for hydroxylation is 2. The number of nitrogens with one attached hydrogen (secondary N) is 1. The molecule has 0 aliphatic heterocycles. The Morgan fingerprint density at radius 3 is 2.59 bits per heavy atom. The summed E-state index contributed by atoms with van der Waals surface area (Å²) >= 11 is 0. The fraction of sp³-hybridized carbons (Fsp3) is 0.300. The maximum absolute atomic E-state index is 12.9. The fourth-order valence-corrected chi connectivity index (χ4v) is 4.20. The van der Waals surface area contributed by atoms with E-state index in [9.17, 15) is 13.2 Å². The number of nitrogens with zero attached hydrogens (tertiary/aromatic N) is 1. The van der Waals surface area contributed by atoms with Gasteiger partial charge in [-0.1, -0.05) is 5.16 Å².